The highest BCUT2D eigenvalue weighted by atomic mass is 79.9. The molecule has 7 nitrogen and oxygen atoms in total. The maximum Gasteiger partial charge on any atom is 0.252 e. The van der Waals surface area contributed by atoms with Crippen LogP contribution in [0.25, 0.3) is 0 Å². The average Bonchev–Trinajstić information content (AvgIpc) is 3.20. The van der Waals surface area contributed by atoms with E-state index in [1.807, 2.05) is 6.07 Å². The lowest BCUT2D eigenvalue weighted by molar-refractivity contribution is 0.0954. The summed E-state index contributed by atoms with van der Waals surface area (Å²) in [6.45, 7) is 3.14. The normalized spacial score (nSPS) is 13.5. The first-order valence-corrected chi connectivity index (χ1v) is 9.39. The fourth-order valence-corrected chi connectivity index (χ4v) is 3.26. The fourth-order valence-electron chi connectivity index (χ4n) is 2.83. The third-order valence-electron chi connectivity index (χ3n) is 4.22. The van der Waals surface area contributed by atoms with E-state index in [0.717, 1.165) is 29.2 Å². The highest BCUT2D eigenvalue weighted by Crippen LogP contribution is 2.22. The highest BCUT2D eigenvalue weighted by Gasteiger charge is 2.14. The molecular weight excluding hydrogens is 398 g/mol. The van der Waals surface area contributed by atoms with Crippen molar-refractivity contribution < 1.29 is 9.53 Å². The Kier molecular flexibility index (Phi) is 6.27. The number of nitrogens with zero attached hydrogens (tertiary/aromatic N) is 3. The van der Waals surface area contributed by atoms with Crippen LogP contribution < -0.4 is 20.3 Å². The summed E-state index contributed by atoms with van der Waals surface area (Å²) in [6.07, 6.45) is 3.99. The third kappa shape index (κ3) is 4.63. The number of benzene rings is 1. The lowest BCUT2D eigenvalue weighted by Crippen LogP contribution is -2.29. The third-order valence-corrected chi connectivity index (χ3v) is 4.91. The first-order chi connectivity index (χ1) is 12.7. The maximum atomic E-state index is 12.3. The zero-order chi connectivity index (χ0) is 18.4. The van der Waals surface area contributed by atoms with E-state index in [4.69, 9.17) is 4.74 Å². The highest BCUT2D eigenvalue weighted by molar-refractivity contribution is 9.10. The molecule has 3 rings (SSSR count). The molecule has 2 N–H and O–H groups in total. The van der Waals surface area contributed by atoms with Crippen molar-refractivity contribution in [1.29, 1.82) is 0 Å². The molecule has 0 spiro atoms. The Labute approximate surface area is 161 Å². The topological polar surface area (TPSA) is 79.4 Å². The number of methoxy groups -OCH3 is 1. The van der Waals surface area contributed by atoms with Gasteiger partial charge in [0.2, 0.25) is 0 Å². The molecule has 0 radical (unpaired) electrons. The van der Waals surface area contributed by atoms with Gasteiger partial charge in [-0.05, 0) is 47.0 Å². The minimum absolute atomic E-state index is 0.155. The standard InChI is InChI=1S/C18H22BrN5O2/c1-26-13-4-5-15(19)14(10-13)18(25)21-7-6-20-16-11-17(23-12-22-16)24-8-2-3-9-24/h4-5,10-12H,2-3,6-9H2,1H3,(H,21,25)(H,20,22,23). The van der Waals surface area contributed by atoms with Crippen molar-refractivity contribution in [2.75, 3.05) is 43.5 Å². The van der Waals surface area contributed by atoms with Crippen molar-refractivity contribution in [3.05, 3.63) is 40.6 Å². The molecule has 1 saturated heterocycles. The van der Waals surface area contributed by atoms with Gasteiger partial charge in [-0.3, -0.25) is 4.79 Å². The van der Waals surface area contributed by atoms with E-state index in [1.165, 1.54) is 12.8 Å². The number of carbonyl (C=O) groups excluding carboxylic acids is 1. The van der Waals surface area contributed by atoms with Crippen LogP contribution in [-0.4, -0.2) is 49.2 Å². The molecule has 2 heterocycles. The van der Waals surface area contributed by atoms with Crippen LogP contribution in [-0.2, 0) is 0 Å². The van der Waals surface area contributed by atoms with Gasteiger partial charge in [-0.25, -0.2) is 9.97 Å². The molecule has 0 unspecified atom stereocenters. The molecule has 0 aliphatic carbocycles. The molecule has 0 atom stereocenters. The maximum absolute atomic E-state index is 12.3. The van der Waals surface area contributed by atoms with Gasteiger partial charge in [-0.1, -0.05) is 0 Å². The van der Waals surface area contributed by atoms with E-state index >= 15 is 0 Å². The molecule has 1 amide bonds. The molecule has 1 aromatic carbocycles. The zero-order valence-corrected chi connectivity index (χ0v) is 16.3. The number of rotatable bonds is 7. The summed E-state index contributed by atoms with van der Waals surface area (Å²) in [5, 5.41) is 6.11. The molecule has 2 aromatic rings. The van der Waals surface area contributed by atoms with Gasteiger partial charge >= 0.3 is 0 Å². The van der Waals surface area contributed by atoms with Crippen molar-refractivity contribution in [1.82, 2.24) is 15.3 Å². The molecule has 1 aliphatic heterocycles. The van der Waals surface area contributed by atoms with Crippen molar-refractivity contribution in [3.63, 3.8) is 0 Å². The number of carbonyl (C=O) groups is 1. The monoisotopic (exact) mass is 419 g/mol. The van der Waals surface area contributed by atoms with Gasteiger partial charge in [0.1, 0.15) is 23.7 Å². The summed E-state index contributed by atoms with van der Waals surface area (Å²) in [5.41, 5.74) is 0.544. The van der Waals surface area contributed by atoms with Crippen LogP contribution in [0.2, 0.25) is 0 Å². The van der Waals surface area contributed by atoms with Gasteiger partial charge in [0, 0.05) is 36.7 Å². The number of halogens is 1. The van der Waals surface area contributed by atoms with Crippen molar-refractivity contribution in [2.24, 2.45) is 0 Å². The minimum atomic E-state index is -0.155. The second-order valence-corrected chi connectivity index (χ2v) is 6.84. The van der Waals surface area contributed by atoms with E-state index in [2.05, 4.69) is 41.4 Å². The average molecular weight is 420 g/mol. The summed E-state index contributed by atoms with van der Waals surface area (Å²) < 4.78 is 5.90. The molecule has 1 aliphatic rings. The molecule has 1 fully saturated rings. The first kappa shape index (κ1) is 18.4. The molecule has 138 valence electrons. The lowest BCUT2D eigenvalue weighted by Gasteiger charge is -2.16. The number of hydrogen-bond acceptors (Lipinski definition) is 6. The largest absolute Gasteiger partial charge is 0.497 e. The summed E-state index contributed by atoms with van der Waals surface area (Å²) in [7, 11) is 1.58. The van der Waals surface area contributed by atoms with Crippen LogP contribution in [0.3, 0.4) is 0 Å². The zero-order valence-electron chi connectivity index (χ0n) is 14.7. The van der Waals surface area contributed by atoms with Gasteiger partial charge in [-0.15, -0.1) is 0 Å². The molecule has 26 heavy (non-hydrogen) atoms. The predicted octanol–water partition coefficient (Wildman–Crippen LogP) is 2.69. The van der Waals surface area contributed by atoms with Crippen LogP contribution in [0, 0.1) is 0 Å². The van der Waals surface area contributed by atoms with Gasteiger partial charge in [0.15, 0.2) is 0 Å². The Hall–Kier alpha value is -2.35. The number of hydrogen-bond donors (Lipinski definition) is 2. The second kappa shape index (κ2) is 8.84. The van der Waals surface area contributed by atoms with Gasteiger partial charge in [0.25, 0.3) is 5.91 Å². The van der Waals surface area contributed by atoms with Gasteiger partial charge in [0.05, 0.1) is 12.7 Å². The SMILES string of the molecule is COc1ccc(Br)c(C(=O)NCCNc2cc(N3CCCC3)ncn2)c1. The number of anilines is 2. The first-order valence-electron chi connectivity index (χ1n) is 8.60. The quantitative estimate of drug-likeness (QED) is 0.671. The van der Waals surface area contributed by atoms with E-state index in [1.54, 1.807) is 31.6 Å². The van der Waals surface area contributed by atoms with Crippen molar-refractivity contribution >= 4 is 33.5 Å². The van der Waals surface area contributed by atoms with Crippen LogP contribution in [0.5, 0.6) is 5.75 Å². The van der Waals surface area contributed by atoms with Crippen LogP contribution in [0.1, 0.15) is 23.2 Å². The second-order valence-electron chi connectivity index (χ2n) is 5.98. The number of amides is 1. The molecular formula is C18H22BrN5O2. The smallest absolute Gasteiger partial charge is 0.252 e. The van der Waals surface area contributed by atoms with E-state index in [0.29, 0.717) is 24.4 Å². The van der Waals surface area contributed by atoms with E-state index < -0.39 is 0 Å². The van der Waals surface area contributed by atoms with Crippen molar-refractivity contribution in [2.45, 2.75) is 12.8 Å². The van der Waals surface area contributed by atoms with Crippen LogP contribution in [0.15, 0.2) is 35.1 Å². The molecule has 1 aromatic heterocycles. The Morgan fingerprint density at radius 1 is 1.23 bits per heavy atom. The predicted molar refractivity (Wildman–Crippen MR) is 105 cm³/mol. The Morgan fingerprint density at radius 3 is 2.81 bits per heavy atom. The summed E-state index contributed by atoms with van der Waals surface area (Å²) in [4.78, 5) is 23.1. The lowest BCUT2D eigenvalue weighted by atomic mass is 10.2. The van der Waals surface area contributed by atoms with E-state index in [9.17, 15) is 4.79 Å². The number of aromatic nitrogens is 2. The van der Waals surface area contributed by atoms with Gasteiger partial charge in [-0.2, -0.15) is 0 Å². The fraction of sp³-hybridized carbons (Fsp3) is 0.389. The summed E-state index contributed by atoms with van der Waals surface area (Å²) in [6, 6.07) is 7.26. The van der Waals surface area contributed by atoms with Crippen LogP contribution in [0.4, 0.5) is 11.6 Å². The summed E-state index contributed by atoms with van der Waals surface area (Å²) >= 11 is 3.39. The number of nitrogens with one attached hydrogen (secondary N) is 2. The number of ether oxygens (including phenoxy) is 1. The Morgan fingerprint density at radius 2 is 2.04 bits per heavy atom. The molecule has 0 bridgehead atoms. The molecule has 0 saturated carbocycles. The van der Waals surface area contributed by atoms with Gasteiger partial charge < -0.3 is 20.3 Å². The summed E-state index contributed by atoms with van der Waals surface area (Å²) in [5.74, 6) is 2.20. The Bertz CT molecular complexity index is 765. The minimum Gasteiger partial charge on any atom is -0.497 e. The van der Waals surface area contributed by atoms with Crippen molar-refractivity contribution in [3.8, 4) is 5.75 Å². The Balaban J connectivity index is 1.49. The van der Waals surface area contributed by atoms with E-state index in [-0.39, 0.29) is 5.91 Å². The molecule has 8 heteroatoms. The van der Waals surface area contributed by atoms with Crippen LogP contribution >= 0.6 is 15.9 Å².